The monoisotopic (exact) mass is 383 g/mol. The van der Waals surface area contributed by atoms with Crippen LogP contribution in [0.2, 0.25) is 4.34 Å². The second-order valence-electron chi connectivity index (χ2n) is 5.40. The van der Waals surface area contributed by atoms with Crippen molar-refractivity contribution in [1.29, 1.82) is 0 Å². The number of amides is 1. The Morgan fingerprint density at radius 3 is 2.90 bits per heavy atom. The average Bonchev–Trinajstić information content (AvgIpc) is 3.15. The number of nitrogens with zero attached hydrogens (tertiary/aromatic N) is 1. The van der Waals surface area contributed by atoms with Crippen molar-refractivity contribution < 1.29 is 4.79 Å². The molecule has 2 unspecified atom stereocenters. The zero-order valence-corrected chi connectivity index (χ0v) is 14.7. The summed E-state index contributed by atoms with van der Waals surface area (Å²) in [6.07, 6.45) is 0.949. The van der Waals surface area contributed by atoms with Gasteiger partial charge in [-0.3, -0.25) is 4.79 Å². The third kappa shape index (κ3) is 3.50. The van der Waals surface area contributed by atoms with Crippen molar-refractivity contribution in [3.63, 3.8) is 0 Å². The van der Waals surface area contributed by atoms with E-state index in [4.69, 9.17) is 11.6 Å². The van der Waals surface area contributed by atoms with Crippen molar-refractivity contribution in [1.82, 2.24) is 4.90 Å². The van der Waals surface area contributed by atoms with Gasteiger partial charge in [-0.25, -0.2) is 0 Å². The van der Waals surface area contributed by atoms with Crippen LogP contribution in [0, 0.1) is 5.92 Å². The lowest BCUT2D eigenvalue weighted by atomic mass is 10.1. The molecule has 1 aromatic carbocycles. The smallest absolute Gasteiger partial charge is 0.226 e. The lowest BCUT2D eigenvalue weighted by Crippen LogP contribution is -2.27. The Hall–Kier alpha value is -0.840. The minimum atomic E-state index is 0.125. The molecule has 0 radical (unpaired) electrons. The summed E-state index contributed by atoms with van der Waals surface area (Å²) >= 11 is 10.9. The van der Waals surface area contributed by atoms with Crippen LogP contribution in [0.15, 0.2) is 40.9 Å². The summed E-state index contributed by atoms with van der Waals surface area (Å²) in [5.41, 5.74) is 1.25. The van der Waals surface area contributed by atoms with Crippen LogP contribution in [-0.4, -0.2) is 17.9 Å². The minimum Gasteiger partial charge on any atom is -0.340 e. The Balaban J connectivity index is 1.62. The number of halogens is 2. The molecule has 0 saturated heterocycles. The van der Waals surface area contributed by atoms with Crippen LogP contribution in [0.4, 0.5) is 0 Å². The first kappa shape index (κ1) is 15.1. The van der Waals surface area contributed by atoms with Gasteiger partial charge in [-0.05, 0) is 42.2 Å². The first-order chi connectivity index (χ1) is 10.0. The van der Waals surface area contributed by atoms with E-state index in [0.717, 1.165) is 20.1 Å². The fourth-order valence-corrected chi connectivity index (χ4v) is 4.16. The van der Waals surface area contributed by atoms with E-state index in [1.165, 1.54) is 16.9 Å². The third-order valence-electron chi connectivity index (χ3n) is 3.78. The Labute approximate surface area is 141 Å². The maximum absolute atomic E-state index is 12.5. The van der Waals surface area contributed by atoms with Gasteiger partial charge >= 0.3 is 0 Å². The molecule has 1 saturated carbocycles. The number of hydrogen-bond acceptors (Lipinski definition) is 2. The van der Waals surface area contributed by atoms with Crippen molar-refractivity contribution in [3.8, 4) is 0 Å². The summed E-state index contributed by atoms with van der Waals surface area (Å²) in [7, 11) is 1.87. The number of thiophene rings is 1. The van der Waals surface area contributed by atoms with Crippen LogP contribution in [0.1, 0.15) is 22.8 Å². The maximum atomic E-state index is 12.5. The SMILES string of the molecule is CN(Cc1ccc(Cl)s1)C(=O)C1CC1c1cccc(Br)c1. The maximum Gasteiger partial charge on any atom is 0.226 e. The molecule has 1 aliphatic carbocycles. The standard InChI is InChI=1S/C16H15BrClNOS/c1-19(9-12-5-6-15(18)21-12)16(20)14-8-13(14)10-3-2-4-11(17)7-10/h2-7,13-14H,8-9H2,1H3. The summed E-state index contributed by atoms with van der Waals surface area (Å²) in [5, 5.41) is 0. The lowest BCUT2D eigenvalue weighted by Gasteiger charge is -2.16. The van der Waals surface area contributed by atoms with Gasteiger partial charge in [-0.1, -0.05) is 39.7 Å². The molecule has 1 aromatic heterocycles. The van der Waals surface area contributed by atoms with E-state index >= 15 is 0 Å². The minimum absolute atomic E-state index is 0.125. The van der Waals surface area contributed by atoms with E-state index in [-0.39, 0.29) is 11.8 Å². The van der Waals surface area contributed by atoms with Gasteiger partial charge in [-0.2, -0.15) is 0 Å². The van der Waals surface area contributed by atoms with E-state index in [9.17, 15) is 4.79 Å². The summed E-state index contributed by atoms with van der Waals surface area (Å²) in [6.45, 7) is 0.637. The van der Waals surface area contributed by atoms with Gasteiger partial charge in [0.25, 0.3) is 0 Å². The largest absolute Gasteiger partial charge is 0.340 e. The molecule has 0 bridgehead atoms. The molecule has 5 heteroatoms. The zero-order chi connectivity index (χ0) is 15.0. The summed E-state index contributed by atoms with van der Waals surface area (Å²) in [5.74, 6) is 0.716. The van der Waals surface area contributed by atoms with E-state index in [1.54, 1.807) is 0 Å². The van der Waals surface area contributed by atoms with Crippen molar-refractivity contribution in [2.45, 2.75) is 18.9 Å². The van der Waals surface area contributed by atoms with E-state index in [0.29, 0.717) is 12.5 Å². The topological polar surface area (TPSA) is 20.3 Å². The predicted molar refractivity (Wildman–Crippen MR) is 90.8 cm³/mol. The molecule has 1 fully saturated rings. The number of carbonyl (C=O) groups is 1. The Morgan fingerprint density at radius 1 is 1.43 bits per heavy atom. The second kappa shape index (κ2) is 6.11. The predicted octanol–water partition coefficient (Wildman–Crippen LogP) is 4.93. The molecule has 0 N–H and O–H groups in total. The molecule has 2 aromatic rings. The number of rotatable bonds is 4. The average molecular weight is 385 g/mol. The zero-order valence-electron chi connectivity index (χ0n) is 11.6. The van der Waals surface area contributed by atoms with Crippen molar-refractivity contribution in [3.05, 3.63) is 55.6 Å². The number of hydrogen-bond donors (Lipinski definition) is 0. The highest BCUT2D eigenvalue weighted by Crippen LogP contribution is 2.48. The first-order valence-electron chi connectivity index (χ1n) is 6.79. The molecule has 110 valence electrons. The fourth-order valence-electron chi connectivity index (χ4n) is 2.61. The van der Waals surface area contributed by atoms with E-state index in [1.807, 2.05) is 36.2 Å². The van der Waals surface area contributed by atoms with Gasteiger partial charge in [0.1, 0.15) is 0 Å². The highest BCUT2D eigenvalue weighted by molar-refractivity contribution is 9.10. The van der Waals surface area contributed by atoms with Crippen molar-refractivity contribution >= 4 is 44.8 Å². The van der Waals surface area contributed by atoms with Crippen LogP contribution < -0.4 is 0 Å². The van der Waals surface area contributed by atoms with Crippen LogP contribution in [-0.2, 0) is 11.3 Å². The second-order valence-corrected chi connectivity index (χ2v) is 8.12. The molecule has 1 aliphatic rings. The Morgan fingerprint density at radius 2 is 2.24 bits per heavy atom. The highest BCUT2D eigenvalue weighted by atomic mass is 79.9. The summed E-state index contributed by atoms with van der Waals surface area (Å²) < 4.78 is 1.84. The Kier molecular flexibility index (Phi) is 4.38. The van der Waals surface area contributed by atoms with Crippen LogP contribution in [0.3, 0.4) is 0 Å². The molecule has 2 nitrogen and oxygen atoms in total. The molecular weight excluding hydrogens is 370 g/mol. The third-order valence-corrected chi connectivity index (χ3v) is 5.49. The molecule has 0 aliphatic heterocycles. The Bertz CT molecular complexity index is 672. The van der Waals surface area contributed by atoms with Gasteiger partial charge in [0.05, 0.1) is 10.9 Å². The van der Waals surface area contributed by atoms with Gasteiger partial charge in [0, 0.05) is 22.3 Å². The van der Waals surface area contributed by atoms with Crippen LogP contribution >= 0.6 is 38.9 Å². The number of carbonyl (C=O) groups excluding carboxylic acids is 1. The lowest BCUT2D eigenvalue weighted by molar-refractivity contribution is -0.131. The molecule has 3 rings (SSSR count). The quantitative estimate of drug-likeness (QED) is 0.732. The van der Waals surface area contributed by atoms with Crippen molar-refractivity contribution in [2.24, 2.45) is 5.92 Å². The first-order valence-corrected chi connectivity index (χ1v) is 8.78. The molecular formula is C16H15BrClNOS. The molecule has 2 atom stereocenters. The van der Waals surface area contributed by atoms with Gasteiger partial charge in [0.2, 0.25) is 5.91 Å². The van der Waals surface area contributed by atoms with Gasteiger partial charge < -0.3 is 4.90 Å². The highest BCUT2D eigenvalue weighted by Gasteiger charge is 2.45. The fraction of sp³-hybridized carbons (Fsp3) is 0.312. The molecule has 1 heterocycles. The summed E-state index contributed by atoms with van der Waals surface area (Å²) in [4.78, 5) is 15.4. The van der Waals surface area contributed by atoms with Crippen molar-refractivity contribution in [2.75, 3.05) is 7.05 Å². The normalized spacial score (nSPS) is 20.3. The van der Waals surface area contributed by atoms with Gasteiger partial charge in [-0.15, -0.1) is 11.3 Å². The van der Waals surface area contributed by atoms with Crippen LogP contribution in [0.5, 0.6) is 0 Å². The number of benzene rings is 1. The van der Waals surface area contributed by atoms with E-state index < -0.39 is 0 Å². The molecule has 0 spiro atoms. The van der Waals surface area contributed by atoms with Crippen LogP contribution in [0.25, 0.3) is 0 Å². The van der Waals surface area contributed by atoms with E-state index in [2.05, 4.69) is 28.1 Å². The van der Waals surface area contributed by atoms with Gasteiger partial charge in [0.15, 0.2) is 0 Å². The molecule has 1 amide bonds. The molecule has 21 heavy (non-hydrogen) atoms. The summed E-state index contributed by atoms with van der Waals surface area (Å²) in [6, 6.07) is 12.1.